The summed E-state index contributed by atoms with van der Waals surface area (Å²) in [7, 11) is -4.44. The van der Waals surface area contributed by atoms with Crippen LogP contribution in [0.4, 0.5) is 18.9 Å². The van der Waals surface area contributed by atoms with Gasteiger partial charge < -0.3 is 14.7 Å². The first-order valence-corrected chi connectivity index (χ1v) is 14.2. The number of hydrogen-bond donors (Lipinski definition) is 1. The van der Waals surface area contributed by atoms with Gasteiger partial charge in [0.15, 0.2) is 9.84 Å². The van der Waals surface area contributed by atoms with Crippen molar-refractivity contribution in [3.8, 4) is 0 Å². The maximum Gasteiger partial charge on any atom is 0.417 e. The summed E-state index contributed by atoms with van der Waals surface area (Å²) >= 11 is 0. The molecule has 36 heavy (non-hydrogen) atoms. The van der Waals surface area contributed by atoms with E-state index in [1.165, 1.54) is 6.07 Å². The largest absolute Gasteiger partial charge is 0.481 e. The molecule has 1 saturated heterocycles. The zero-order valence-electron chi connectivity index (χ0n) is 20.7. The number of nitrogens with zero attached hydrogens (tertiary/aromatic N) is 2. The van der Waals surface area contributed by atoms with Crippen LogP contribution in [-0.2, 0) is 25.5 Å². The Kier molecular flexibility index (Phi) is 7.92. The molecule has 0 radical (unpaired) electrons. The first-order chi connectivity index (χ1) is 16.9. The minimum atomic E-state index is -4.87. The van der Waals surface area contributed by atoms with E-state index in [2.05, 4.69) is 18.7 Å². The highest BCUT2D eigenvalue weighted by molar-refractivity contribution is 7.92. The fourth-order valence-corrected chi connectivity index (χ4v) is 7.75. The molecule has 1 aliphatic heterocycles. The SMILES string of the molecule is CC(C)N1CCN(c2ccc(S(=O)(=O)[C@@H]3C[C@H](OC4CCCC4)[C@@H](C(=O)O)C3)c(C(F)(F)F)c2)CC1. The molecule has 0 bridgehead atoms. The number of sulfone groups is 1. The van der Waals surface area contributed by atoms with E-state index in [1.54, 1.807) is 0 Å². The number of carboxylic acid groups (broad SMARTS) is 1. The molecule has 0 unspecified atom stereocenters. The van der Waals surface area contributed by atoms with Crippen LogP contribution in [0.2, 0.25) is 0 Å². The van der Waals surface area contributed by atoms with Crippen LogP contribution in [0.5, 0.6) is 0 Å². The van der Waals surface area contributed by atoms with Gasteiger partial charge in [0.25, 0.3) is 0 Å². The Bertz CT molecular complexity index is 1050. The second kappa shape index (κ2) is 10.5. The van der Waals surface area contributed by atoms with Gasteiger partial charge in [-0.05, 0) is 57.7 Å². The van der Waals surface area contributed by atoms with Crippen molar-refractivity contribution in [1.82, 2.24) is 4.90 Å². The Hall–Kier alpha value is -1.85. The standard InChI is InChI=1S/C25H35F3N2O5S/c1-16(2)29-9-11-30(12-10-29)17-7-8-23(21(13-17)25(26,27)28)36(33,34)19-14-20(24(31)32)22(15-19)35-18-5-3-4-6-18/h7-8,13,16,18-20,22H,3-6,9-12,14-15H2,1-2H3,(H,31,32)/t19-,20-,22-/m0/s1. The van der Waals surface area contributed by atoms with Gasteiger partial charge in [0.2, 0.25) is 0 Å². The topological polar surface area (TPSA) is 87.2 Å². The third kappa shape index (κ3) is 5.67. The van der Waals surface area contributed by atoms with Gasteiger partial charge in [-0.25, -0.2) is 8.42 Å². The third-order valence-corrected chi connectivity index (χ3v) is 10.1. The van der Waals surface area contributed by atoms with Crippen LogP contribution in [0.3, 0.4) is 0 Å². The Morgan fingerprint density at radius 3 is 2.28 bits per heavy atom. The van der Waals surface area contributed by atoms with E-state index in [0.717, 1.165) is 37.8 Å². The molecule has 202 valence electrons. The second-order valence-corrected chi connectivity index (χ2v) is 12.7. The van der Waals surface area contributed by atoms with Crippen molar-refractivity contribution < 1.29 is 36.2 Å². The Morgan fingerprint density at radius 2 is 1.72 bits per heavy atom. The van der Waals surface area contributed by atoms with E-state index >= 15 is 0 Å². The Labute approximate surface area is 210 Å². The fourth-order valence-electron chi connectivity index (χ4n) is 5.75. The number of rotatable bonds is 7. The molecule has 11 heteroatoms. The van der Waals surface area contributed by atoms with Gasteiger partial charge >= 0.3 is 12.1 Å². The maximum atomic E-state index is 14.1. The Balaban J connectivity index is 1.59. The number of piperazine rings is 1. The highest BCUT2D eigenvalue weighted by Gasteiger charge is 2.48. The molecule has 4 rings (SSSR count). The predicted octanol–water partition coefficient (Wildman–Crippen LogP) is 4.20. The molecular formula is C25H35F3N2O5S. The number of hydrogen-bond acceptors (Lipinski definition) is 6. The molecule has 1 heterocycles. The third-order valence-electron chi connectivity index (χ3n) is 7.87. The summed E-state index contributed by atoms with van der Waals surface area (Å²) in [6, 6.07) is 3.74. The van der Waals surface area contributed by atoms with Gasteiger partial charge in [0.1, 0.15) is 0 Å². The number of anilines is 1. The second-order valence-electron chi connectivity index (χ2n) is 10.5. The lowest BCUT2D eigenvalue weighted by molar-refractivity contribution is -0.147. The highest BCUT2D eigenvalue weighted by atomic mass is 32.2. The van der Waals surface area contributed by atoms with Crippen LogP contribution in [0, 0.1) is 5.92 Å². The molecule has 1 N–H and O–H groups in total. The molecule has 1 aromatic rings. The van der Waals surface area contributed by atoms with Crippen molar-refractivity contribution in [2.75, 3.05) is 31.1 Å². The number of ether oxygens (including phenoxy) is 1. The van der Waals surface area contributed by atoms with Crippen molar-refractivity contribution >= 4 is 21.5 Å². The van der Waals surface area contributed by atoms with Gasteiger partial charge in [-0.15, -0.1) is 0 Å². The summed E-state index contributed by atoms with van der Waals surface area (Å²) in [5.41, 5.74) is -0.861. The molecule has 2 aliphatic carbocycles. The summed E-state index contributed by atoms with van der Waals surface area (Å²) in [5, 5.41) is 8.42. The van der Waals surface area contributed by atoms with Crippen molar-refractivity contribution in [3.63, 3.8) is 0 Å². The smallest absolute Gasteiger partial charge is 0.417 e. The summed E-state index contributed by atoms with van der Waals surface area (Å²) in [4.78, 5) is 15.1. The number of halogens is 3. The minimum absolute atomic E-state index is 0.119. The van der Waals surface area contributed by atoms with E-state index in [0.29, 0.717) is 37.9 Å². The summed E-state index contributed by atoms with van der Waals surface area (Å²) in [5.74, 6) is -2.24. The Morgan fingerprint density at radius 1 is 1.08 bits per heavy atom. The molecule has 2 saturated carbocycles. The summed E-state index contributed by atoms with van der Waals surface area (Å²) in [6.07, 6.45) is -2.71. The fraction of sp³-hybridized carbons (Fsp3) is 0.720. The van der Waals surface area contributed by atoms with Crippen molar-refractivity contribution in [1.29, 1.82) is 0 Å². The summed E-state index contributed by atoms with van der Waals surface area (Å²) in [6.45, 7) is 6.65. The summed E-state index contributed by atoms with van der Waals surface area (Å²) < 4.78 is 75.3. The number of benzene rings is 1. The van der Waals surface area contributed by atoms with Gasteiger partial charge in [-0.2, -0.15) is 13.2 Å². The zero-order chi connectivity index (χ0) is 26.3. The average Bonchev–Trinajstić information content (AvgIpc) is 3.49. The lowest BCUT2D eigenvalue weighted by atomic mass is 10.1. The van der Waals surface area contributed by atoms with E-state index in [1.807, 2.05) is 4.90 Å². The van der Waals surface area contributed by atoms with Crippen molar-refractivity contribution in [3.05, 3.63) is 23.8 Å². The normalized spacial score (nSPS) is 26.7. The average molecular weight is 533 g/mol. The van der Waals surface area contributed by atoms with Gasteiger partial charge in [-0.1, -0.05) is 12.8 Å². The monoisotopic (exact) mass is 532 g/mol. The van der Waals surface area contributed by atoms with E-state index in [-0.39, 0.29) is 18.9 Å². The van der Waals surface area contributed by atoms with Gasteiger partial charge in [-0.3, -0.25) is 9.69 Å². The quantitative estimate of drug-likeness (QED) is 0.563. The molecule has 1 aromatic carbocycles. The molecule has 3 atom stereocenters. The first kappa shape index (κ1) is 27.2. The molecule has 0 spiro atoms. The molecule has 3 aliphatic rings. The molecule has 3 fully saturated rings. The van der Waals surface area contributed by atoms with Gasteiger partial charge in [0, 0.05) is 37.9 Å². The van der Waals surface area contributed by atoms with E-state index in [9.17, 15) is 31.5 Å². The van der Waals surface area contributed by atoms with Crippen LogP contribution in [0.25, 0.3) is 0 Å². The lowest BCUT2D eigenvalue weighted by Gasteiger charge is -2.38. The van der Waals surface area contributed by atoms with Crippen molar-refractivity contribution in [2.45, 2.75) is 86.9 Å². The number of carbonyl (C=O) groups is 1. The molecule has 0 amide bonds. The van der Waals surface area contributed by atoms with Gasteiger partial charge in [0.05, 0.1) is 33.8 Å². The van der Waals surface area contributed by atoms with Crippen LogP contribution in [0.1, 0.15) is 57.9 Å². The minimum Gasteiger partial charge on any atom is -0.481 e. The number of alkyl halides is 3. The van der Waals surface area contributed by atoms with Crippen LogP contribution in [-0.4, -0.2) is 74.1 Å². The van der Waals surface area contributed by atoms with Crippen molar-refractivity contribution in [2.24, 2.45) is 5.92 Å². The first-order valence-electron chi connectivity index (χ1n) is 12.7. The van der Waals surface area contributed by atoms with E-state index < -0.39 is 49.7 Å². The van der Waals surface area contributed by atoms with Crippen LogP contribution < -0.4 is 4.90 Å². The molecule has 0 aromatic heterocycles. The highest BCUT2D eigenvalue weighted by Crippen LogP contribution is 2.43. The van der Waals surface area contributed by atoms with E-state index in [4.69, 9.17) is 4.74 Å². The maximum absolute atomic E-state index is 14.1. The molecular weight excluding hydrogens is 497 g/mol. The van der Waals surface area contributed by atoms with Crippen LogP contribution >= 0.6 is 0 Å². The lowest BCUT2D eigenvalue weighted by Crippen LogP contribution is -2.49. The van der Waals surface area contributed by atoms with Crippen LogP contribution in [0.15, 0.2) is 23.1 Å². The zero-order valence-corrected chi connectivity index (χ0v) is 21.5. The predicted molar refractivity (Wildman–Crippen MR) is 129 cm³/mol. The molecule has 7 nitrogen and oxygen atoms in total. The number of aliphatic carboxylic acids is 1. The number of carboxylic acids is 1.